The lowest BCUT2D eigenvalue weighted by Gasteiger charge is -2.33. The molecule has 0 aliphatic heterocycles. The van der Waals surface area contributed by atoms with E-state index in [-0.39, 0.29) is 23.6 Å². The van der Waals surface area contributed by atoms with Crippen molar-refractivity contribution in [3.63, 3.8) is 0 Å². The molecule has 2 unspecified atom stereocenters. The van der Waals surface area contributed by atoms with Crippen molar-refractivity contribution in [1.29, 1.82) is 0 Å². The van der Waals surface area contributed by atoms with Crippen LogP contribution < -0.4 is 0 Å². The molecule has 0 heterocycles. The number of Topliss-reactive ketones (excluding diaryl/α,β-unsaturated/α-hetero) is 1. The minimum absolute atomic E-state index is 0.0409. The van der Waals surface area contributed by atoms with Crippen molar-refractivity contribution in [1.82, 2.24) is 0 Å². The third-order valence-electron chi connectivity index (χ3n) is 3.24. The lowest BCUT2D eigenvalue weighted by molar-refractivity contribution is -0.150. The number of hydrogen-bond acceptors (Lipinski definition) is 3. The van der Waals surface area contributed by atoms with E-state index in [2.05, 4.69) is 15.9 Å². The van der Waals surface area contributed by atoms with Gasteiger partial charge in [-0.3, -0.25) is 9.59 Å². The maximum Gasteiger partial charge on any atom is 0.309 e. The Kier molecular flexibility index (Phi) is 3.62. The van der Waals surface area contributed by atoms with Crippen LogP contribution in [0, 0.1) is 11.8 Å². The molecule has 1 aliphatic rings. The number of rotatable bonds is 3. The molecule has 3 nitrogen and oxygen atoms in total. The number of hydrogen-bond donors (Lipinski definition) is 0. The van der Waals surface area contributed by atoms with Crippen LogP contribution in [0.5, 0.6) is 0 Å². The summed E-state index contributed by atoms with van der Waals surface area (Å²) in [5.41, 5.74) is 0.659. The molecule has 4 heteroatoms. The van der Waals surface area contributed by atoms with Crippen molar-refractivity contribution >= 4 is 27.7 Å². The van der Waals surface area contributed by atoms with Gasteiger partial charge in [-0.2, -0.15) is 0 Å². The summed E-state index contributed by atoms with van der Waals surface area (Å²) in [6.07, 6.45) is 1.52. The van der Waals surface area contributed by atoms with Crippen LogP contribution in [0.25, 0.3) is 0 Å². The summed E-state index contributed by atoms with van der Waals surface area (Å²) >= 11 is 3.32. The van der Waals surface area contributed by atoms with E-state index >= 15 is 0 Å². The fourth-order valence-corrected chi connectivity index (χ4v) is 2.34. The highest BCUT2D eigenvalue weighted by Crippen LogP contribution is 2.37. The van der Waals surface area contributed by atoms with Gasteiger partial charge < -0.3 is 4.74 Å². The first kappa shape index (κ1) is 12.3. The molecule has 17 heavy (non-hydrogen) atoms. The minimum atomic E-state index is -0.272. The Morgan fingerprint density at radius 1 is 1.18 bits per heavy atom. The van der Waals surface area contributed by atoms with Crippen molar-refractivity contribution in [2.45, 2.75) is 12.8 Å². The fourth-order valence-electron chi connectivity index (χ4n) is 2.08. The number of ether oxygens (including phenoxy) is 1. The second-order valence-electron chi connectivity index (χ2n) is 4.18. The average molecular weight is 297 g/mol. The number of carbonyl (C=O) groups excluding carboxylic acids is 2. The standard InChI is InChI=1S/C13H13BrO3/c1-17-13(16)11-7-6-10(11)12(15)8-2-4-9(14)5-3-8/h2-5,10-11H,6-7H2,1H3. The molecule has 0 bridgehead atoms. The van der Waals surface area contributed by atoms with E-state index in [9.17, 15) is 9.59 Å². The van der Waals surface area contributed by atoms with Crippen molar-refractivity contribution in [2.75, 3.05) is 7.11 Å². The predicted molar refractivity (Wildman–Crippen MR) is 66.7 cm³/mol. The summed E-state index contributed by atoms with van der Waals surface area (Å²) in [4.78, 5) is 23.6. The molecule has 0 saturated heterocycles. The zero-order chi connectivity index (χ0) is 12.4. The molecule has 0 spiro atoms. The lowest BCUT2D eigenvalue weighted by atomic mass is 9.70. The first-order valence-corrected chi connectivity index (χ1v) is 6.30. The van der Waals surface area contributed by atoms with Gasteiger partial charge in [-0.15, -0.1) is 0 Å². The summed E-state index contributed by atoms with van der Waals surface area (Å²) in [6, 6.07) is 7.22. The predicted octanol–water partition coefficient (Wildman–Crippen LogP) is 2.83. The number of methoxy groups -OCH3 is 1. The number of carbonyl (C=O) groups is 2. The number of halogens is 1. The van der Waals surface area contributed by atoms with Crippen molar-refractivity contribution in [3.8, 4) is 0 Å². The second-order valence-corrected chi connectivity index (χ2v) is 5.10. The van der Waals surface area contributed by atoms with E-state index in [4.69, 9.17) is 4.74 Å². The van der Waals surface area contributed by atoms with Crippen molar-refractivity contribution < 1.29 is 14.3 Å². The first-order chi connectivity index (χ1) is 8.13. The van der Waals surface area contributed by atoms with Crippen LogP contribution >= 0.6 is 15.9 Å². The maximum absolute atomic E-state index is 12.1. The van der Waals surface area contributed by atoms with Gasteiger partial charge in [0.25, 0.3) is 0 Å². The number of esters is 1. The molecule has 1 fully saturated rings. The van der Waals surface area contributed by atoms with E-state index < -0.39 is 0 Å². The third-order valence-corrected chi connectivity index (χ3v) is 3.77. The quantitative estimate of drug-likeness (QED) is 0.636. The summed E-state index contributed by atoms with van der Waals surface area (Å²) < 4.78 is 5.63. The Balaban J connectivity index is 2.11. The Labute approximate surface area is 108 Å². The Morgan fingerprint density at radius 3 is 2.24 bits per heavy atom. The number of benzene rings is 1. The smallest absolute Gasteiger partial charge is 0.309 e. The minimum Gasteiger partial charge on any atom is -0.469 e. The van der Waals surface area contributed by atoms with Crippen LogP contribution in [0.4, 0.5) is 0 Å². The van der Waals surface area contributed by atoms with Crippen molar-refractivity contribution in [3.05, 3.63) is 34.3 Å². The summed E-state index contributed by atoms with van der Waals surface area (Å²) in [7, 11) is 1.36. The molecular weight excluding hydrogens is 284 g/mol. The SMILES string of the molecule is COC(=O)C1CCC1C(=O)c1ccc(Br)cc1. The van der Waals surface area contributed by atoms with Gasteiger partial charge in [0, 0.05) is 16.0 Å². The van der Waals surface area contributed by atoms with Crippen LogP contribution in [-0.4, -0.2) is 18.9 Å². The van der Waals surface area contributed by atoms with Crippen LogP contribution in [0.3, 0.4) is 0 Å². The second kappa shape index (κ2) is 5.00. The van der Waals surface area contributed by atoms with Gasteiger partial charge in [-0.25, -0.2) is 0 Å². The van der Waals surface area contributed by atoms with Crippen LogP contribution in [0.1, 0.15) is 23.2 Å². The normalized spacial score (nSPS) is 22.7. The highest BCUT2D eigenvalue weighted by molar-refractivity contribution is 9.10. The van der Waals surface area contributed by atoms with E-state index in [0.717, 1.165) is 17.3 Å². The molecule has 2 rings (SSSR count). The van der Waals surface area contributed by atoms with Gasteiger partial charge >= 0.3 is 5.97 Å². The van der Waals surface area contributed by atoms with Gasteiger partial charge in [0.05, 0.1) is 13.0 Å². The molecule has 1 saturated carbocycles. The molecule has 0 aromatic heterocycles. The summed E-state index contributed by atoms with van der Waals surface area (Å²) in [5, 5.41) is 0. The lowest BCUT2D eigenvalue weighted by Crippen LogP contribution is -2.38. The van der Waals surface area contributed by atoms with E-state index in [1.165, 1.54) is 7.11 Å². The molecule has 90 valence electrons. The van der Waals surface area contributed by atoms with Gasteiger partial charge in [0.1, 0.15) is 0 Å². The molecule has 0 radical (unpaired) electrons. The highest BCUT2D eigenvalue weighted by Gasteiger charge is 2.42. The molecule has 1 aromatic rings. The molecule has 0 N–H and O–H groups in total. The summed E-state index contributed by atoms with van der Waals surface area (Å²) in [5.74, 6) is -0.689. The molecule has 1 aliphatic carbocycles. The maximum atomic E-state index is 12.1. The van der Waals surface area contributed by atoms with Gasteiger partial charge in [0.2, 0.25) is 0 Å². The van der Waals surface area contributed by atoms with E-state index in [0.29, 0.717) is 5.56 Å². The van der Waals surface area contributed by atoms with E-state index in [1.807, 2.05) is 12.1 Å². The highest BCUT2D eigenvalue weighted by atomic mass is 79.9. The molecule has 2 atom stereocenters. The van der Waals surface area contributed by atoms with Gasteiger partial charge in [-0.1, -0.05) is 28.1 Å². The van der Waals surface area contributed by atoms with Crippen LogP contribution in [0.15, 0.2) is 28.7 Å². The molecule has 0 amide bonds. The summed E-state index contributed by atoms with van der Waals surface area (Å²) in [6.45, 7) is 0. The number of ketones is 1. The Morgan fingerprint density at radius 2 is 1.76 bits per heavy atom. The first-order valence-electron chi connectivity index (χ1n) is 5.51. The fraction of sp³-hybridized carbons (Fsp3) is 0.385. The van der Waals surface area contributed by atoms with Gasteiger partial charge in [0.15, 0.2) is 5.78 Å². The zero-order valence-corrected chi connectivity index (χ0v) is 11.1. The van der Waals surface area contributed by atoms with Crippen LogP contribution in [0.2, 0.25) is 0 Å². The van der Waals surface area contributed by atoms with Crippen molar-refractivity contribution in [2.24, 2.45) is 11.8 Å². The largest absolute Gasteiger partial charge is 0.469 e. The van der Waals surface area contributed by atoms with Gasteiger partial charge in [-0.05, 0) is 25.0 Å². The van der Waals surface area contributed by atoms with Crippen LogP contribution in [-0.2, 0) is 9.53 Å². The monoisotopic (exact) mass is 296 g/mol. The topological polar surface area (TPSA) is 43.4 Å². The third kappa shape index (κ3) is 2.41. The Bertz CT molecular complexity index is 438. The average Bonchev–Trinajstić information content (AvgIpc) is 2.28. The van der Waals surface area contributed by atoms with E-state index in [1.54, 1.807) is 12.1 Å². The molecular formula is C13H13BrO3. The Hall–Kier alpha value is -1.16. The zero-order valence-electron chi connectivity index (χ0n) is 9.48. The molecule has 1 aromatic carbocycles.